The molecule has 0 saturated heterocycles. The van der Waals surface area contributed by atoms with Gasteiger partial charge in [0.05, 0.1) is 12.0 Å². The second kappa shape index (κ2) is 4.13. The maximum atomic E-state index is 4.20. The molecule has 1 N–H and O–H groups in total. The molecule has 0 spiro atoms. The fourth-order valence-electron chi connectivity index (χ4n) is 1.97. The first-order valence-electron chi connectivity index (χ1n) is 5.45. The van der Waals surface area contributed by atoms with Crippen LogP contribution in [0.15, 0.2) is 12.5 Å². The zero-order valence-corrected chi connectivity index (χ0v) is 9.03. The Morgan fingerprint density at radius 1 is 1.64 bits per heavy atom. The van der Waals surface area contributed by atoms with Crippen LogP contribution in [0.1, 0.15) is 25.5 Å². The van der Waals surface area contributed by atoms with Gasteiger partial charge in [-0.15, -0.1) is 0 Å². The topological polar surface area (TPSA) is 29.9 Å². The summed E-state index contributed by atoms with van der Waals surface area (Å²) in [5, 5.41) is 3.17. The van der Waals surface area contributed by atoms with E-state index in [1.165, 1.54) is 18.5 Å². The molecule has 1 saturated carbocycles. The molecule has 1 aliphatic rings. The first-order valence-corrected chi connectivity index (χ1v) is 5.45. The van der Waals surface area contributed by atoms with Gasteiger partial charge in [-0.3, -0.25) is 0 Å². The quantitative estimate of drug-likeness (QED) is 0.770. The fraction of sp³-hybridized carbons (Fsp3) is 0.727. The molecule has 0 bridgehead atoms. The Morgan fingerprint density at radius 2 is 2.43 bits per heavy atom. The van der Waals surface area contributed by atoms with Crippen molar-refractivity contribution >= 4 is 0 Å². The molecule has 1 heterocycles. The van der Waals surface area contributed by atoms with Crippen molar-refractivity contribution in [2.75, 3.05) is 7.05 Å². The molecule has 14 heavy (non-hydrogen) atoms. The minimum Gasteiger partial charge on any atom is -0.333 e. The first kappa shape index (κ1) is 9.71. The normalized spacial score (nSPS) is 18.4. The van der Waals surface area contributed by atoms with Crippen LogP contribution in [0, 0.1) is 11.8 Å². The van der Waals surface area contributed by atoms with E-state index < -0.39 is 0 Å². The smallest absolute Gasteiger partial charge is 0.0948 e. The molecule has 1 aromatic heterocycles. The third-order valence-corrected chi connectivity index (χ3v) is 3.07. The lowest BCUT2D eigenvalue weighted by molar-refractivity contribution is 0.421. The second-order valence-electron chi connectivity index (χ2n) is 4.38. The Bertz CT molecular complexity index is 288. The molecule has 2 rings (SSSR count). The number of hydrogen-bond donors (Lipinski definition) is 1. The van der Waals surface area contributed by atoms with Crippen molar-refractivity contribution in [3.8, 4) is 0 Å². The molecule has 0 aliphatic heterocycles. The van der Waals surface area contributed by atoms with Crippen LogP contribution in [-0.2, 0) is 13.1 Å². The highest BCUT2D eigenvalue weighted by atomic mass is 15.1. The summed E-state index contributed by atoms with van der Waals surface area (Å²) in [4.78, 5) is 4.20. The van der Waals surface area contributed by atoms with E-state index >= 15 is 0 Å². The number of hydrogen-bond acceptors (Lipinski definition) is 2. The predicted octanol–water partition coefficient (Wildman–Crippen LogP) is 1.65. The molecule has 1 aliphatic carbocycles. The minimum atomic E-state index is 0.805. The molecule has 1 fully saturated rings. The summed E-state index contributed by atoms with van der Waals surface area (Å²) in [6.07, 6.45) is 6.76. The van der Waals surface area contributed by atoms with Gasteiger partial charge < -0.3 is 9.88 Å². The number of aromatic nitrogens is 2. The summed E-state index contributed by atoms with van der Waals surface area (Å²) >= 11 is 0. The Kier molecular flexibility index (Phi) is 2.87. The molecule has 0 amide bonds. The lowest BCUT2D eigenvalue weighted by atomic mass is 10.1. The molecule has 1 atom stereocenters. The molecule has 0 radical (unpaired) electrons. The van der Waals surface area contributed by atoms with E-state index in [4.69, 9.17) is 0 Å². The van der Waals surface area contributed by atoms with Crippen molar-refractivity contribution in [2.24, 2.45) is 11.8 Å². The fourth-order valence-corrected chi connectivity index (χ4v) is 1.97. The van der Waals surface area contributed by atoms with Gasteiger partial charge in [-0.05, 0) is 31.7 Å². The summed E-state index contributed by atoms with van der Waals surface area (Å²) in [7, 11) is 1.97. The number of imidazole rings is 1. The van der Waals surface area contributed by atoms with Crippen molar-refractivity contribution in [3.63, 3.8) is 0 Å². The van der Waals surface area contributed by atoms with Crippen molar-refractivity contribution in [1.29, 1.82) is 0 Å². The Labute approximate surface area is 85.5 Å². The van der Waals surface area contributed by atoms with Gasteiger partial charge in [-0.25, -0.2) is 4.98 Å². The average molecular weight is 193 g/mol. The monoisotopic (exact) mass is 193 g/mol. The third kappa shape index (κ3) is 2.15. The summed E-state index contributed by atoms with van der Waals surface area (Å²) in [6.45, 7) is 4.39. The molecular weight excluding hydrogens is 174 g/mol. The highest BCUT2D eigenvalue weighted by Crippen LogP contribution is 2.37. The van der Waals surface area contributed by atoms with Gasteiger partial charge in [0.2, 0.25) is 0 Å². The maximum Gasteiger partial charge on any atom is 0.0948 e. The standard InChI is InChI=1S/C11H19N3/c1-9(10-3-4-10)7-14-8-13-6-11(14)5-12-2/h6,8-10,12H,3-5,7H2,1-2H3. The summed E-state index contributed by atoms with van der Waals surface area (Å²) in [6, 6.07) is 0. The summed E-state index contributed by atoms with van der Waals surface area (Å²) in [5.74, 6) is 1.78. The lowest BCUT2D eigenvalue weighted by Gasteiger charge is -2.13. The minimum absolute atomic E-state index is 0.805. The van der Waals surface area contributed by atoms with E-state index in [0.29, 0.717) is 0 Å². The van der Waals surface area contributed by atoms with Gasteiger partial charge >= 0.3 is 0 Å². The van der Waals surface area contributed by atoms with Crippen molar-refractivity contribution in [2.45, 2.75) is 32.9 Å². The van der Waals surface area contributed by atoms with E-state index in [1.807, 2.05) is 19.6 Å². The zero-order chi connectivity index (χ0) is 9.97. The molecule has 1 unspecified atom stereocenters. The largest absolute Gasteiger partial charge is 0.333 e. The van der Waals surface area contributed by atoms with Gasteiger partial charge in [0.1, 0.15) is 0 Å². The number of nitrogens with zero attached hydrogens (tertiary/aromatic N) is 2. The SMILES string of the molecule is CNCc1cncn1CC(C)C1CC1. The van der Waals surface area contributed by atoms with Gasteiger partial charge in [-0.2, -0.15) is 0 Å². The van der Waals surface area contributed by atoms with Gasteiger partial charge in [0.15, 0.2) is 0 Å². The Balaban J connectivity index is 1.96. The molecule has 3 nitrogen and oxygen atoms in total. The molecule has 1 aromatic rings. The van der Waals surface area contributed by atoms with E-state index in [1.54, 1.807) is 0 Å². The lowest BCUT2D eigenvalue weighted by Crippen LogP contribution is -2.15. The average Bonchev–Trinajstić information content (AvgIpc) is 2.93. The highest BCUT2D eigenvalue weighted by molar-refractivity contribution is 4.98. The highest BCUT2D eigenvalue weighted by Gasteiger charge is 2.28. The van der Waals surface area contributed by atoms with Crippen LogP contribution in [0.4, 0.5) is 0 Å². The molecular formula is C11H19N3. The number of nitrogens with one attached hydrogen (secondary N) is 1. The van der Waals surface area contributed by atoms with Crippen LogP contribution in [0.25, 0.3) is 0 Å². The van der Waals surface area contributed by atoms with Crippen molar-refractivity contribution in [3.05, 3.63) is 18.2 Å². The van der Waals surface area contributed by atoms with Gasteiger partial charge in [0.25, 0.3) is 0 Å². The van der Waals surface area contributed by atoms with Crippen LogP contribution >= 0.6 is 0 Å². The Hall–Kier alpha value is -0.830. The van der Waals surface area contributed by atoms with E-state index in [2.05, 4.69) is 21.8 Å². The zero-order valence-electron chi connectivity index (χ0n) is 9.03. The van der Waals surface area contributed by atoms with E-state index in [0.717, 1.165) is 24.9 Å². The second-order valence-corrected chi connectivity index (χ2v) is 4.38. The third-order valence-electron chi connectivity index (χ3n) is 3.07. The summed E-state index contributed by atoms with van der Waals surface area (Å²) < 4.78 is 2.28. The molecule has 3 heteroatoms. The Morgan fingerprint density at radius 3 is 3.07 bits per heavy atom. The van der Waals surface area contributed by atoms with E-state index in [-0.39, 0.29) is 0 Å². The molecule has 0 aromatic carbocycles. The predicted molar refractivity (Wildman–Crippen MR) is 56.9 cm³/mol. The summed E-state index contributed by atoms with van der Waals surface area (Å²) in [5.41, 5.74) is 1.29. The van der Waals surface area contributed by atoms with Crippen molar-refractivity contribution in [1.82, 2.24) is 14.9 Å². The van der Waals surface area contributed by atoms with Crippen LogP contribution in [-0.4, -0.2) is 16.6 Å². The maximum absolute atomic E-state index is 4.20. The first-order chi connectivity index (χ1) is 6.81. The molecule has 78 valence electrons. The van der Waals surface area contributed by atoms with Crippen molar-refractivity contribution < 1.29 is 0 Å². The van der Waals surface area contributed by atoms with Crippen LogP contribution in [0.5, 0.6) is 0 Å². The van der Waals surface area contributed by atoms with Gasteiger partial charge in [-0.1, -0.05) is 6.92 Å². The van der Waals surface area contributed by atoms with Gasteiger partial charge in [0, 0.05) is 19.3 Å². The van der Waals surface area contributed by atoms with Crippen LogP contribution in [0.2, 0.25) is 0 Å². The van der Waals surface area contributed by atoms with Crippen LogP contribution in [0.3, 0.4) is 0 Å². The van der Waals surface area contributed by atoms with Crippen LogP contribution < -0.4 is 5.32 Å². The number of rotatable bonds is 5. The van der Waals surface area contributed by atoms with E-state index in [9.17, 15) is 0 Å².